The number of carboxylic acids is 1. The lowest BCUT2D eigenvalue weighted by atomic mass is 10.2. The van der Waals surface area contributed by atoms with Crippen molar-refractivity contribution in [3.05, 3.63) is 0 Å². The number of aromatic nitrogens is 2. The molecule has 2 saturated heterocycles. The molecule has 0 aliphatic carbocycles. The number of anilines is 1. The fourth-order valence-corrected chi connectivity index (χ4v) is 3.63. The van der Waals surface area contributed by atoms with Gasteiger partial charge in [-0.1, -0.05) is 23.1 Å². The summed E-state index contributed by atoms with van der Waals surface area (Å²) < 4.78 is 5.70. The molecule has 2 bridgehead atoms. The van der Waals surface area contributed by atoms with Crippen LogP contribution >= 0.6 is 23.1 Å². The largest absolute Gasteiger partial charge is 0.481 e. The van der Waals surface area contributed by atoms with Gasteiger partial charge in [0.2, 0.25) is 5.13 Å². The van der Waals surface area contributed by atoms with Crippen LogP contribution in [0.3, 0.4) is 0 Å². The van der Waals surface area contributed by atoms with Crippen LogP contribution in [0.4, 0.5) is 5.13 Å². The van der Waals surface area contributed by atoms with Gasteiger partial charge in [0.05, 0.1) is 5.75 Å². The van der Waals surface area contributed by atoms with Gasteiger partial charge in [0.25, 0.3) is 11.8 Å². The van der Waals surface area contributed by atoms with Crippen LogP contribution in [0.2, 0.25) is 0 Å². The van der Waals surface area contributed by atoms with Crippen LogP contribution < -0.4 is 4.90 Å². The average Bonchev–Trinajstić information content (AvgIpc) is 3.03. The number of rotatable bonds is 4. The minimum absolute atomic E-state index is 0.148. The average molecular weight is 315 g/mol. The number of hydrogen-bond acceptors (Lipinski definition) is 8. The maximum Gasteiger partial charge on any atom is 0.313 e. The first-order valence-corrected chi connectivity index (χ1v) is 7.58. The maximum atomic E-state index is 12.1. The molecular formula is C10H9N3O5S2. The number of carbonyl (C=O) groups excluding carboxylic acids is 2. The molecule has 2 aliphatic heterocycles. The number of fused-ring (bicyclic) bond motifs is 2. The molecule has 1 N–H and O–H groups in total. The van der Waals surface area contributed by atoms with Crippen molar-refractivity contribution in [2.24, 2.45) is 0 Å². The first-order valence-electron chi connectivity index (χ1n) is 5.77. The zero-order valence-corrected chi connectivity index (χ0v) is 11.6. The van der Waals surface area contributed by atoms with Gasteiger partial charge in [-0.3, -0.25) is 14.4 Å². The van der Waals surface area contributed by atoms with Crippen LogP contribution in [0.25, 0.3) is 0 Å². The quantitative estimate of drug-likeness (QED) is 0.474. The minimum atomic E-state index is -0.969. The summed E-state index contributed by atoms with van der Waals surface area (Å²) in [5.74, 6) is -1.96. The highest BCUT2D eigenvalue weighted by atomic mass is 32.2. The van der Waals surface area contributed by atoms with Crippen molar-refractivity contribution in [1.29, 1.82) is 0 Å². The SMILES string of the molecule is O=C(O)CSc1nnc(N2C(=O)C3CCC(O3)C2=O)s1. The third-order valence-electron chi connectivity index (χ3n) is 2.92. The van der Waals surface area contributed by atoms with E-state index in [0.717, 1.165) is 28.0 Å². The zero-order valence-electron chi connectivity index (χ0n) is 10.0. The molecule has 0 aromatic carbocycles. The standard InChI is InChI=1S/C10H9N3O5S2/c14-6(15)3-19-10-12-11-9(20-10)13-7(16)4-1-2-5(18-4)8(13)17/h4-5H,1-3H2,(H,14,15). The molecule has 3 rings (SSSR count). The highest BCUT2D eigenvalue weighted by Gasteiger charge is 2.48. The molecule has 2 atom stereocenters. The van der Waals surface area contributed by atoms with E-state index < -0.39 is 30.0 Å². The number of carbonyl (C=O) groups is 3. The van der Waals surface area contributed by atoms with Gasteiger partial charge < -0.3 is 9.84 Å². The van der Waals surface area contributed by atoms with Crippen molar-refractivity contribution < 1.29 is 24.2 Å². The molecular weight excluding hydrogens is 306 g/mol. The van der Waals surface area contributed by atoms with Crippen LogP contribution in [-0.2, 0) is 19.1 Å². The lowest BCUT2D eigenvalue weighted by Gasteiger charge is -2.27. The Balaban J connectivity index is 1.80. The van der Waals surface area contributed by atoms with E-state index in [9.17, 15) is 14.4 Å². The van der Waals surface area contributed by atoms with E-state index in [2.05, 4.69) is 10.2 Å². The summed E-state index contributed by atoms with van der Waals surface area (Å²) in [6, 6.07) is 0. The minimum Gasteiger partial charge on any atom is -0.481 e. The van der Waals surface area contributed by atoms with Gasteiger partial charge in [0.15, 0.2) is 4.34 Å². The van der Waals surface area contributed by atoms with E-state index in [4.69, 9.17) is 9.84 Å². The van der Waals surface area contributed by atoms with Gasteiger partial charge in [-0.25, -0.2) is 4.90 Å². The molecule has 2 aliphatic rings. The van der Waals surface area contributed by atoms with Crippen molar-refractivity contribution >= 4 is 46.0 Å². The summed E-state index contributed by atoms with van der Waals surface area (Å²) >= 11 is 2.02. The lowest BCUT2D eigenvalue weighted by Crippen LogP contribution is -2.52. The maximum absolute atomic E-state index is 12.1. The van der Waals surface area contributed by atoms with Gasteiger partial charge in [0.1, 0.15) is 12.2 Å². The zero-order chi connectivity index (χ0) is 14.3. The fraction of sp³-hybridized carbons (Fsp3) is 0.500. The summed E-state index contributed by atoms with van der Waals surface area (Å²) in [5, 5.41) is 16.3. The highest BCUT2D eigenvalue weighted by Crippen LogP contribution is 2.34. The Hall–Kier alpha value is -1.52. The molecule has 8 nitrogen and oxygen atoms in total. The third kappa shape index (κ3) is 2.30. The number of morpholine rings is 1. The summed E-state index contributed by atoms with van der Waals surface area (Å²) in [6.07, 6.45) is -0.107. The van der Waals surface area contributed by atoms with Crippen LogP contribution in [0.15, 0.2) is 4.34 Å². The summed E-state index contributed by atoms with van der Waals surface area (Å²) in [4.78, 5) is 35.7. The number of hydrogen-bond donors (Lipinski definition) is 1. The molecule has 2 fully saturated rings. The topological polar surface area (TPSA) is 110 Å². The van der Waals surface area contributed by atoms with Crippen LogP contribution in [0, 0.1) is 0 Å². The molecule has 1 aromatic heterocycles. The third-order valence-corrected chi connectivity index (χ3v) is 4.94. The van der Waals surface area contributed by atoms with Crippen molar-refractivity contribution in [3.63, 3.8) is 0 Å². The first-order chi connectivity index (χ1) is 9.56. The van der Waals surface area contributed by atoms with E-state index >= 15 is 0 Å². The first kappa shape index (κ1) is 13.5. The molecule has 106 valence electrons. The summed E-state index contributed by atoms with van der Waals surface area (Å²) in [7, 11) is 0. The van der Waals surface area contributed by atoms with Crippen molar-refractivity contribution in [3.8, 4) is 0 Å². The number of carboxylic acid groups (broad SMARTS) is 1. The number of thioether (sulfide) groups is 1. The Labute approximate surface area is 121 Å². The number of amides is 2. The van der Waals surface area contributed by atoms with Crippen LogP contribution in [-0.4, -0.2) is 51.0 Å². The number of ether oxygens (including phenoxy) is 1. The summed E-state index contributed by atoms with van der Waals surface area (Å²) in [5.41, 5.74) is 0. The molecule has 0 radical (unpaired) electrons. The second-order valence-corrected chi connectivity index (χ2v) is 6.41. The van der Waals surface area contributed by atoms with Gasteiger partial charge in [-0.05, 0) is 12.8 Å². The van der Waals surface area contributed by atoms with E-state index in [1.807, 2.05) is 0 Å². The van der Waals surface area contributed by atoms with Crippen molar-refractivity contribution in [2.75, 3.05) is 10.7 Å². The Morgan fingerprint density at radius 3 is 2.60 bits per heavy atom. The number of nitrogens with zero attached hydrogens (tertiary/aromatic N) is 3. The highest BCUT2D eigenvalue weighted by molar-refractivity contribution is 8.01. The molecule has 0 spiro atoms. The van der Waals surface area contributed by atoms with Gasteiger partial charge in [0, 0.05) is 0 Å². The Morgan fingerprint density at radius 2 is 2.00 bits per heavy atom. The van der Waals surface area contributed by atoms with Crippen molar-refractivity contribution in [2.45, 2.75) is 29.4 Å². The molecule has 10 heteroatoms. The van der Waals surface area contributed by atoms with Gasteiger partial charge in [-0.2, -0.15) is 0 Å². The van der Waals surface area contributed by atoms with Crippen LogP contribution in [0.5, 0.6) is 0 Å². The molecule has 20 heavy (non-hydrogen) atoms. The molecule has 2 unspecified atom stereocenters. The number of imide groups is 1. The normalized spacial score (nSPS) is 25.3. The predicted octanol–water partition coefficient (Wildman–Crippen LogP) is 0.136. The van der Waals surface area contributed by atoms with E-state index in [0.29, 0.717) is 17.2 Å². The monoisotopic (exact) mass is 315 g/mol. The Bertz CT molecular complexity index is 567. The number of aliphatic carboxylic acids is 1. The van der Waals surface area contributed by atoms with E-state index in [-0.39, 0.29) is 10.9 Å². The summed E-state index contributed by atoms with van der Waals surface area (Å²) in [6.45, 7) is 0. The second-order valence-electron chi connectivity index (χ2n) is 4.24. The lowest BCUT2D eigenvalue weighted by molar-refractivity contribution is -0.147. The molecule has 0 saturated carbocycles. The predicted molar refractivity (Wildman–Crippen MR) is 68.7 cm³/mol. The Kier molecular flexibility index (Phi) is 3.44. The second kappa shape index (κ2) is 5.11. The fourth-order valence-electron chi connectivity index (χ4n) is 2.06. The molecule has 1 aromatic rings. The van der Waals surface area contributed by atoms with Crippen LogP contribution in [0.1, 0.15) is 12.8 Å². The smallest absolute Gasteiger partial charge is 0.313 e. The van der Waals surface area contributed by atoms with E-state index in [1.54, 1.807) is 0 Å². The molecule has 3 heterocycles. The molecule has 2 amide bonds. The van der Waals surface area contributed by atoms with Gasteiger partial charge >= 0.3 is 5.97 Å². The van der Waals surface area contributed by atoms with Crippen molar-refractivity contribution in [1.82, 2.24) is 10.2 Å². The van der Waals surface area contributed by atoms with E-state index in [1.165, 1.54) is 0 Å². The van der Waals surface area contributed by atoms with Gasteiger partial charge in [-0.15, -0.1) is 10.2 Å². The Morgan fingerprint density at radius 1 is 1.35 bits per heavy atom.